The number of hydrogen-bond donors (Lipinski definition) is 2. The van der Waals surface area contributed by atoms with Gasteiger partial charge in [-0.25, -0.2) is 9.78 Å². The molecule has 3 aromatic rings. The third-order valence-electron chi connectivity index (χ3n) is 6.32. The number of carbonyl (C=O) groups excluding carboxylic acids is 3. The van der Waals surface area contributed by atoms with Gasteiger partial charge in [-0.15, -0.1) is 0 Å². The number of aromatic nitrogens is 1. The fourth-order valence-corrected chi connectivity index (χ4v) is 4.05. The van der Waals surface area contributed by atoms with E-state index in [4.69, 9.17) is 14.2 Å². The van der Waals surface area contributed by atoms with Crippen molar-refractivity contribution in [2.45, 2.75) is 19.1 Å². The molecule has 1 aromatic heterocycles. The first kappa shape index (κ1) is 35.6. The Hall–Kier alpha value is -5.92. The molecule has 2 aromatic carbocycles. The molecule has 0 aliphatic rings. The van der Waals surface area contributed by atoms with Gasteiger partial charge in [-0.1, -0.05) is 30.9 Å². The molecule has 0 unspecified atom stereocenters. The van der Waals surface area contributed by atoms with Crippen molar-refractivity contribution in [2.24, 2.45) is 0 Å². The quantitative estimate of drug-likeness (QED) is 0.109. The summed E-state index contributed by atoms with van der Waals surface area (Å²) in [4.78, 5) is 54.2. The maximum atomic E-state index is 13.5. The second-order valence-electron chi connectivity index (χ2n) is 9.64. The average molecular weight is 654 g/mol. The number of carboxylic acid groups (broad SMARTS) is 1. The summed E-state index contributed by atoms with van der Waals surface area (Å²) in [6, 6.07) is 12.2. The first-order chi connectivity index (χ1) is 22.3. The smallest absolute Gasteiger partial charge is 0.416 e. The zero-order valence-corrected chi connectivity index (χ0v) is 25.2. The van der Waals surface area contributed by atoms with E-state index in [1.165, 1.54) is 69.0 Å². The Balaban J connectivity index is 1.64. The van der Waals surface area contributed by atoms with Gasteiger partial charge in [-0.2, -0.15) is 13.2 Å². The molecule has 14 heteroatoms. The highest BCUT2D eigenvalue weighted by molar-refractivity contribution is 5.91. The second kappa shape index (κ2) is 16.4. The number of halogens is 3. The van der Waals surface area contributed by atoms with Crippen LogP contribution >= 0.6 is 0 Å². The van der Waals surface area contributed by atoms with Crippen LogP contribution in [-0.2, 0) is 33.5 Å². The Morgan fingerprint density at radius 1 is 1.00 bits per heavy atom. The van der Waals surface area contributed by atoms with Crippen molar-refractivity contribution < 1.29 is 51.7 Å². The van der Waals surface area contributed by atoms with Gasteiger partial charge in [0, 0.05) is 30.6 Å². The van der Waals surface area contributed by atoms with Crippen LogP contribution < -0.4 is 19.5 Å². The lowest BCUT2D eigenvalue weighted by atomic mass is 10.0. The molecule has 2 amide bonds. The minimum Gasteiger partial charge on any atom is -0.497 e. The summed E-state index contributed by atoms with van der Waals surface area (Å²) in [5, 5.41) is 11.8. The Morgan fingerprint density at radius 2 is 1.70 bits per heavy atom. The van der Waals surface area contributed by atoms with E-state index in [-0.39, 0.29) is 40.7 Å². The summed E-state index contributed by atoms with van der Waals surface area (Å²) in [5.41, 5.74) is -0.449. The Morgan fingerprint density at radius 3 is 2.32 bits per heavy atom. The van der Waals surface area contributed by atoms with Crippen molar-refractivity contribution >= 4 is 23.8 Å². The van der Waals surface area contributed by atoms with Crippen molar-refractivity contribution in [3.63, 3.8) is 0 Å². The van der Waals surface area contributed by atoms with Crippen molar-refractivity contribution in [2.75, 3.05) is 20.8 Å². The number of carbonyl (C=O) groups is 4. The number of alkyl halides is 3. The number of pyridine rings is 1. The van der Waals surface area contributed by atoms with Crippen LogP contribution in [0.1, 0.15) is 27.0 Å². The predicted octanol–water partition coefficient (Wildman–Crippen LogP) is 4.74. The lowest BCUT2D eigenvalue weighted by molar-refractivity contribution is -0.143. The number of allylic oxidation sites excluding steroid dienone is 3. The summed E-state index contributed by atoms with van der Waals surface area (Å²) in [5.74, 6) is -2.95. The molecule has 0 fully saturated rings. The molecule has 1 heterocycles. The number of nitrogens with one attached hydrogen (secondary N) is 1. The molecule has 3 rings (SSSR count). The van der Waals surface area contributed by atoms with Gasteiger partial charge >= 0.3 is 18.1 Å². The van der Waals surface area contributed by atoms with Crippen LogP contribution in [0.25, 0.3) is 0 Å². The fraction of sp³-hybridized carbons (Fsp3) is 0.182. The van der Waals surface area contributed by atoms with Crippen LogP contribution in [0, 0.1) is 0 Å². The molecule has 0 aliphatic heterocycles. The summed E-state index contributed by atoms with van der Waals surface area (Å²) in [7, 11) is 2.64. The number of ether oxygens (including phenoxy) is 3. The van der Waals surface area contributed by atoms with Gasteiger partial charge < -0.3 is 29.5 Å². The van der Waals surface area contributed by atoms with Gasteiger partial charge in [0.1, 0.15) is 18.0 Å². The van der Waals surface area contributed by atoms with Crippen LogP contribution in [0.5, 0.6) is 17.4 Å². The van der Waals surface area contributed by atoms with Gasteiger partial charge in [-0.3, -0.25) is 14.4 Å². The summed E-state index contributed by atoms with van der Waals surface area (Å²) in [6.45, 7) is 2.81. The number of hydrogen-bond acceptors (Lipinski definition) is 8. The molecule has 0 aliphatic carbocycles. The van der Waals surface area contributed by atoms with Crippen LogP contribution in [0.15, 0.2) is 97.4 Å². The van der Waals surface area contributed by atoms with Crippen molar-refractivity contribution in [3.05, 3.63) is 120 Å². The zero-order chi connectivity index (χ0) is 34.6. The molecule has 0 saturated heterocycles. The van der Waals surface area contributed by atoms with Crippen molar-refractivity contribution in [3.8, 4) is 17.4 Å². The van der Waals surface area contributed by atoms with Gasteiger partial charge in [0.25, 0.3) is 0 Å². The Labute approximate surface area is 267 Å². The Bertz CT molecular complexity index is 1690. The van der Waals surface area contributed by atoms with E-state index in [2.05, 4.69) is 16.9 Å². The summed E-state index contributed by atoms with van der Waals surface area (Å²) < 4.78 is 55.7. The molecule has 0 saturated carbocycles. The second-order valence-corrected chi connectivity index (χ2v) is 9.64. The van der Waals surface area contributed by atoms with E-state index in [1.807, 2.05) is 0 Å². The first-order valence-electron chi connectivity index (χ1n) is 13.7. The van der Waals surface area contributed by atoms with Gasteiger partial charge in [0.2, 0.25) is 17.7 Å². The van der Waals surface area contributed by atoms with Crippen LogP contribution in [0.2, 0.25) is 0 Å². The third-order valence-corrected chi connectivity index (χ3v) is 6.32. The van der Waals surface area contributed by atoms with E-state index in [0.29, 0.717) is 5.56 Å². The number of amides is 2. The van der Waals surface area contributed by atoms with E-state index in [1.54, 1.807) is 12.1 Å². The minimum absolute atomic E-state index is 0.0129. The molecule has 246 valence electrons. The van der Waals surface area contributed by atoms with Gasteiger partial charge in [0.15, 0.2) is 0 Å². The van der Waals surface area contributed by atoms with E-state index < -0.39 is 48.5 Å². The highest BCUT2D eigenvalue weighted by Gasteiger charge is 2.34. The molecule has 0 radical (unpaired) electrons. The molecule has 0 spiro atoms. The maximum Gasteiger partial charge on any atom is 0.416 e. The largest absolute Gasteiger partial charge is 0.497 e. The van der Waals surface area contributed by atoms with E-state index in [0.717, 1.165) is 23.1 Å². The number of aliphatic carboxylic acids is 1. The highest BCUT2D eigenvalue weighted by Crippen LogP contribution is 2.34. The van der Waals surface area contributed by atoms with Crippen LogP contribution in [0.3, 0.4) is 0 Å². The third kappa shape index (κ3) is 10.9. The lowest BCUT2D eigenvalue weighted by Gasteiger charge is -2.19. The average Bonchev–Trinajstić information content (AvgIpc) is 3.04. The van der Waals surface area contributed by atoms with Crippen LogP contribution in [-0.4, -0.2) is 59.5 Å². The van der Waals surface area contributed by atoms with Crippen molar-refractivity contribution in [1.82, 2.24) is 15.2 Å². The fourth-order valence-electron chi connectivity index (χ4n) is 4.05. The maximum absolute atomic E-state index is 13.5. The monoisotopic (exact) mass is 653 g/mol. The number of carboxylic acids is 1. The normalized spacial score (nSPS) is 11.5. The molecule has 0 bridgehead atoms. The SMILES string of the molecule is C=CC(=CC=CC(=O)N(CC(=O)O)Cc1ccc(OC(=O)c2ccnc(OC)c2)cc1)NC(=O)Cc1ccc(OC)cc1C(F)(F)F. The number of esters is 1. The van der Waals surface area contributed by atoms with Crippen molar-refractivity contribution in [1.29, 1.82) is 0 Å². The van der Waals surface area contributed by atoms with E-state index in [9.17, 15) is 37.5 Å². The topological polar surface area (TPSA) is 144 Å². The first-order valence-corrected chi connectivity index (χ1v) is 13.7. The molecule has 11 nitrogen and oxygen atoms in total. The highest BCUT2D eigenvalue weighted by atomic mass is 19.4. The Kier molecular flexibility index (Phi) is 12.4. The molecule has 2 N–H and O–H groups in total. The van der Waals surface area contributed by atoms with Gasteiger partial charge in [0.05, 0.1) is 31.8 Å². The molecule has 0 atom stereocenters. The molecule has 47 heavy (non-hydrogen) atoms. The predicted molar refractivity (Wildman–Crippen MR) is 163 cm³/mol. The summed E-state index contributed by atoms with van der Waals surface area (Å²) >= 11 is 0. The number of nitrogens with zero attached hydrogens (tertiary/aromatic N) is 2. The lowest BCUT2D eigenvalue weighted by Crippen LogP contribution is -2.34. The van der Waals surface area contributed by atoms with E-state index >= 15 is 0 Å². The zero-order valence-electron chi connectivity index (χ0n) is 25.2. The number of benzene rings is 2. The minimum atomic E-state index is -4.71. The standard InChI is InChI=1S/C33H30F3N3O8/c1-4-24(38-28(40)16-22-10-13-26(45-2)18-27(22)33(34,35)36)6-5-7-30(41)39(20-31(42)43)19-21-8-11-25(12-9-21)47-32(44)23-14-15-37-29(17-23)46-3/h4-15,17-18H,1,16,19-20H2,2-3H3,(H,38,40)(H,42,43). The summed E-state index contributed by atoms with van der Waals surface area (Å²) in [6.07, 6.45) is 0.877. The number of methoxy groups -OCH3 is 2. The number of rotatable bonds is 14. The van der Waals surface area contributed by atoms with Gasteiger partial charge in [-0.05, 0) is 53.6 Å². The molecular weight excluding hydrogens is 623 g/mol. The van der Waals surface area contributed by atoms with Crippen LogP contribution in [0.4, 0.5) is 13.2 Å². The molecular formula is C33H30F3N3O8.